The Morgan fingerprint density at radius 3 is 2.46 bits per heavy atom. The van der Waals surface area contributed by atoms with Crippen LogP contribution in [-0.2, 0) is 11.2 Å². The van der Waals surface area contributed by atoms with Crippen molar-refractivity contribution in [3.05, 3.63) is 58.1 Å². The average molecular weight is 421 g/mol. The van der Waals surface area contributed by atoms with E-state index in [-0.39, 0.29) is 12.0 Å². The van der Waals surface area contributed by atoms with Gasteiger partial charge < -0.3 is 20.1 Å². The molecule has 2 aromatic rings. The van der Waals surface area contributed by atoms with Crippen molar-refractivity contribution >= 4 is 33.6 Å². The van der Waals surface area contributed by atoms with Crippen LogP contribution < -0.4 is 15.4 Å². The van der Waals surface area contributed by atoms with Gasteiger partial charge >= 0.3 is 12.0 Å². The topological polar surface area (TPSA) is 76.7 Å². The maximum atomic E-state index is 11.9. The van der Waals surface area contributed by atoms with E-state index < -0.39 is 0 Å². The molecular formula is C19H21BrN2O4. The Morgan fingerprint density at radius 1 is 1.12 bits per heavy atom. The van der Waals surface area contributed by atoms with Gasteiger partial charge in [-0.3, -0.25) is 0 Å². The maximum absolute atomic E-state index is 11.9. The molecule has 26 heavy (non-hydrogen) atoms. The van der Waals surface area contributed by atoms with Crippen molar-refractivity contribution in [2.45, 2.75) is 13.3 Å². The molecule has 7 heteroatoms. The van der Waals surface area contributed by atoms with Crippen LogP contribution in [0.4, 0.5) is 10.5 Å². The molecule has 2 aromatic carbocycles. The number of ether oxygens (including phenoxy) is 2. The Bertz CT molecular complexity index is 763. The van der Waals surface area contributed by atoms with Gasteiger partial charge in [-0.1, -0.05) is 6.07 Å². The first-order chi connectivity index (χ1) is 12.5. The molecule has 2 N–H and O–H groups in total. The van der Waals surface area contributed by atoms with E-state index >= 15 is 0 Å². The SMILES string of the molecule is CCOC(=O)c1ccc(NC(=O)NCCc2ccc(OC)c(Br)c2)cc1. The van der Waals surface area contributed by atoms with Crippen LogP contribution in [0.5, 0.6) is 5.75 Å². The van der Waals surface area contributed by atoms with Gasteiger partial charge in [0.2, 0.25) is 0 Å². The predicted molar refractivity (Wildman–Crippen MR) is 104 cm³/mol. The maximum Gasteiger partial charge on any atom is 0.338 e. The molecule has 0 bridgehead atoms. The number of urea groups is 1. The first-order valence-corrected chi connectivity index (χ1v) is 8.97. The number of hydrogen-bond donors (Lipinski definition) is 2. The van der Waals surface area contributed by atoms with Crippen LogP contribution >= 0.6 is 15.9 Å². The van der Waals surface area contributed by atoms with Crippen molar-refractivity contribution < 1.29 is 19.1 Å². The van der Waals surface area contributed by atoms with E-state index in [9.17, 15) is 9.59 Å². The van der Waals surface area contributed by atoms with Gasteiger partial charge in [0.15, 0.2) is 0 Å². The zero-order valence-corrected chi connectivity index (χ0v) is 16.3. The monoisotopic (exact) mass is 420 g/mol. The molecule has 6 nitrogen and oxygen atoms in total. The molecule has 0 aliphatic carbocycles. The van der Waals surface area contributed by atoms with Crippen molar-refractivity contribution in [3.63, 3.8) is 0 Å². The second kappa shape index (κ2) is 9.82. The summed E-state index contributed by atoms with van der Waals surface area (Å²) in [6, 6.07) is 12.0. The van der Waals surface area contributed by atoms with Crippen LogP contribution in [0.2, 0.25) is 0 Å². The first-order valence-electron chi connectivity index (χ1n) is 8.18. The normalized spacial score (nSPS) is 10.1. The summed E-state index contributed by atoms with van der Waals surface area (Å²) in [5.41, 5.74) is 2.13. The van der Waals surface area contributed by atoms with Crippen molar-refractivity contribution in [3.8, 4) is 5.75 Å². The molecule has 0 spiro atoms. The molecule has 0 aromatic heterocycles. The van der Waals surface area contributed by atoms with Gasteiger partial charge in [-0.05, 0) is 71.2 Å². The average Bonchev–Trinajstić information content (AvgIpc) is 2.62. The fourth-order valence-corrected chi connectivity index (χ4v) is 2.85. The minimum atomic E-state index is -0.380. The van der Waals surface area contributed by atoms with Gasteiger partial charge in [-0.2, -0.15) is 0 Å². The number of halogens is 1. The van der Waals surface area contributed by atoms with E-state index in [0.717, 1.165) is 15.8 Å². The highest BCUT2D eigenvalue weighted by Gasteiger charge is 2.07. The minimum Gasteiger partial charge on any atom is -0.496 e. The standard InChI is InChI=1S/C19H21BrN2O4/c1-3-26-18(23)14-5-7-15(8-6-14)22-19(24)21-11-10-13-4-9-17(25-2)16(20)12-13/h4-9,12H,3,10-11H2,1-2H3,(H2,21,22,24). The lowest BCUT2D eigenvalue weighted by Gasteiger charge is -2.09. The smallest absolute Gasteiger partial charge is 0.338 e. The quantitative estimate of drug-likeness (QED) is 0.663. The molecule has 0 unspecified atom stereocenters. The number of nitrogens with one attached hydrogen (secondary N) is 2. The van der Waals surface area contributed by atoms with E-state index in [1.807, 2.05) is 18.2 Å². The third kappa shape index (κ3) is 5.77. The number of rotatable bonds is 7. The lowest BCUT2D eigenvalue weighted by atomic mass is 10.1. The summed E-state index contributed by atoms with van der Waals surface area (Å²) in [4.78, 5) is 23.5. The molecule has 0 saturated heterocycles. The number of amides is 2. The lowest BCUT2D eigenvalue weighted by molar-refractivity contribution is 0.0526. The summed E-state index contributed by atoms with van der Waals surface area (Å²) >= 11 is 3.44. The fourth-order valence-electron chi connectivity index (χ4n) is 2.27. The zero-order chi connectivity index (χ0) is 18.9. The van der Waals surface area contributed by atoms with Crippen LogP contribution in [0, 0.1) is 0 Å². The van der Waals surface area contributed by atoms with Crippen molar-refractivity contribution in [1.29, 1.82) is 0 Å². The minimum absolute atomic E-state index is 0.304. The number of carbonyl (C=O) groups excluding carboxylic acids is 2. The number of carbonyl (C=O) groups is 2. The third-order valence-electron chi connectivity index (χ3n) is 3.57. The summed E-state index contributed by atoms with van der Waals surface area (Å²) in [6.07, 6.45) is 0.692. The van der Waals surface area contributed by atoms with E-state index in [0.29, 0.717) is 30.8 Å². The van der Waals surface area contributed by atoms with Crippen LogP contribution in [0.1, 0.15) is 22.8 Å². The highest BCUT2D eigenvalue weighted by atomic mass is 79.9. The molecule has 138 valence electrons. The molecule has 0 saturated carbocycles. The van der Waals surface area contributed by atoms with Crippen molar-refractivity contribution in [2.24, 2.45) is 0 Å². The Balaban J connectivity index is 1.80. The first kappa shape index (κ1) is 19.8. The van der Waals surface area contributed by atoms with Crippen LogP contribution in [0.25, 0.3) is 0 Å². The molecule has 0 fully saturated rings. The summed E-state index contributed by atoms with van der Waals surface area (Å²) in [7, 11) is 1.62. The fraction of sp³-hybridized carbons (Fsp3) is 0.263. The molecular weight excluding hydrogens is 400 g/mol. The Labute approximate surface area is 161 Å². The van der Waals surface area contributed by atoms with E-state index in [2.05, 4.69) is 26.6 Å². The molecule has 2 rings (SSSR count). The van der Waals surface area contributed by atoms with Gasteiger partial charge in [0, 0.05) is 12.2 Å². The molecule has 0 aliphatic rings. The number of hydrogen-bond acceptors (Lipinski definition) is 4. The van der Waals surface area contributed by atoms with Crippen LogP contribution in [-0.4, -0.2) is 32.3 Å². The third-order valence-corrected chi connectivity index (χ3v) is 4.19. The van der Waals surface area contributed by atoms with Crippen LogP contribution in [0.15, 0.2) is 46.9 Å². The molecule has 0 atom stereocenters. The summed E-state index contributed by atoms with van der Waals surface area (Å²) < 4.78 is 11.0. The number of benzene rings is 2. The lowest BCUT2D eigenvalue weighted by Crippen LogP contribution is -2.30. The van der Waals surface area contributed by atoms with Crippen LogP contribution in [0.3, 0.4) is 0 Å². The van der Waals surface area contributed by atoms with Gasteiger partial charge in [0.25, 0.3) is 0 Å². The largest absolute Gasteiger partial charge is 0.496 e. The molecule has 2 amide bonds. The van der Waals surface area contributed by atoms with Gasteiger partial charge in [-0.25, -0.2) is 9.59 Å². The van der Waals surface area contributed by atoms with Gasteiger partial charge in [0.05, 0.1) is 23.8 Å². The molecule has 0 heterocycles. The Kier molecular flexibility index (Phi) is 7.47. The highest BCUT2D eigenvalue weighted by Crippen LogP contribution is 2.25. The Morgan fingerprint density at radius 2 is 1.85 bits per heavy atom. The highest BCUT2D eigenvalue weighted by molar-refractivity contribution is 9.10. The van der Waals surface area contributed by atoms with Crippen molar-refractivity contribution in [1.82, 2.24) is 5.32 Å². The Hall–Kier alpha value is -2.54. The summed E-state index contributed by atoms with van der Waals surface area (Å²) in [5.74, 6) is 0.389. The van der Waals surface area contributed by atoms with Gasteiger partial charge in [0.1, 0.15) is 5.75 Å². The molecule has 0 radical (unpaired) electrons. The zero-order valence-electron chi connectivity index (χ0n) is 14.7. The van der Waals surface area contributed by atoms with Crippen molar-refractivity contribution in [2.75, 3.05) is 25.6 Å². The van der Waals surface area contributed by atoms with E-state index in [4.69, 9.17) is 9.47 Å². The van der Waals surface area contributed by atoms with E-state index in [1.165, 1.54) is 0 Å². The summed E-state index contributed by atoms with van der Waals surface area (Å²) in [5, 5.41) is 5.52. The number of anilines is 1. The molecule has 0 aliphatic heterocycles. The number of methoxy groups -OCH3 is 1. The summed E-state index contributed by atoms with van der Waals surface area (Å²) in [6.45, 7) is 2.57. The van der Waals surface area contributed by atoms with E-state index in [1.54, 1.807) is 38.3 Å². The van der Waals surface area contributed by atoms with Gasteiger partial charge in [-0.15, -0.1) is 0 Å². The second-order valence-electron chi connectivity index (χ2n) is 5.40. The predicted octanol–water partition coefficient (Wildman–Crippen LogP) is 4.00. The number of esters is 1. The second-order valence-corrected chi connectivity index (χ2v) is 6.25.